The van der Waals surface area contributed by atoms with Gasteiger partial charge in [0, 0.05) is 0 Å². The Hall–Kier alpha value is -0.940. The van der Waals surface area contributed by atoms with Crippen molar-refractivity contribution >= 4 is 18.1 Å². The third kappa shape index (κ3) is 2.52. The SMILES string of the molecule is Cc1cccc(NN)c1C(F)(F)F.Cl. The van der Waals surface area contributed by atoms with Gasteiger partial charge in [0.15, 0.2) is 0 Å². The largest absolute Gasteiger partial charge is 0.418 e. The van der Waals surface area contributed by atoms with Crippen molar-refractivity contribution in [1.82, 2.24) is 0 Å². The molecule has 1 aromatic carbocycles. The summed E-state index contributed by atoms with van der Waals surface area (Å²) in [6, 6.07) is 4.19. The van der Waals surface area contributed by atoms with Gasteiger partial charge in [-0.1, -0.05) is 12.1 Å². The molecule has 0 spiro atoms. The fourth-order valence-electron chi connectivity index (χ4n) is 1.16. The number of nitrogens with one attached hydrogen (secondary N) is 1. The molecule has 6 heteroatoms. The number of anilines is 1. The number of nitrogen functional groups attached to an aromatic ring is 1. The molecule has 0 aromatic heterocycles. The van der Waals surface area contributed by atoms with Crippen LogP contribution in [0.25, 0.3) is 0 Å². The molecule has 0 amide bonds. The minimum Gasteiger partial charge on any atom is -0.324 e. The van der Waals surface area contributed by atoms with E-state index in [4.69, 9.17) is 5.84 Å². The first-order chi connectivity index (χ1) is 5.96. The van der Waals surface area contributed by atoms with E-state index >= 15 is 0 Å². The Balaban J connectivity index is 0.00000169. The quantitative estimate of drug-likeness (QED) is 0.571. The van der Waals surface area contributed by atoms with Crippen molar-refractivity contribution < 1.29 is 13.2 Å². The van der Waals surface area contributed by atoms with E-state index in [1.807, 2.05) is 5.43 Å². The van der Waals surface area contributed by atoms with Crippen LogP contribution in [0, 0.1) is 6.92 Å². The normalized spacial score (nSPS) is 10.6. The zero-order valence-electron chi connectivity index (χ0n) is 7.35. The predicted octanol–water partition coefficient (Wildman–Crippen LogP) is 2.72. The van der Waals surface area contributed by atoms with Crippen LogP contribution in [0.15, 0.2) is 18.2 Å². The maximum absolute atomic E-state index is 12.4. The molecule has 1 rings (SSSR count). The maximum Gasteiger partial charge on any atom is 0.418 e. The second kappa shape index (κ2) is 4.52. The van der Waals surface area contributed by atoms with E-state index in [0.29, 0.717) is 0 Å². The smallest absolute Gasteiger partial charge is 0.324 e. The van der Waals surface area contributed by atoms with Gasteiger partial charge in [-0.15, -0.1) is 12.4 Å². The second-order valence-electron chi connectivity index (χ2n) is 2.64. The first kappa shape index (κ1) is 13.1. The molecule has 0 aliphatic heterocycles. The monoisotopic (exact) mass is 226 g/mol. The zero-order valence-corrected chi connectivity index (χ0v) is 8.17. The standard InChI is InChI=1S/C8H9F3N2.ClH/c1-5-3-2-4-6(13-12)7(5)8(9,10)11;/h2-4,13H,12H2,1H3;1H. The molecule has 1 aromatic rings. The number of alkyl halides is 3. The van der Waals surface area contributed by atoms with Gasteiger partial charge in [-0.05, 0) is 18.6 Å². The van der Waals surface area contributed by atoms with Gasteiger partial charge in [-0.25, -0.2) is 0 Å². The number of rotatable bonds is 1. The van der Waals surface area contributed by atoms with Crippen molar-refractivity contribution in [2.75, 3.05) is 5.43 Å². The number of hydrogen-bond acceptors (Lipinski definition) is 2. The minimum absolute atomic E-state index is 0. The average molecular weight is 227 g/mol. The highest BCUT2D eigenvalue weighted by Crippen LogP contribution is 2.36. The van der Waals surface area contributed by atoms with Crippen LogP contribution in [0.5, 0.6) is 0 Å². The summed E-state index contributed by atoms with van der Waals surface area (Å²) in [5.41, 5.74) is 1.36. The summed E-state index contributed by atoms with van der Waals surface area (Å²) in [7, 11) is 0. The van der Waals surface area contributed by atoms with Crippen LogP contribution in [0.1, 0.15) is 11.1 Å². The van der Waals surface area contributed by atoms with Crippen LogP contribution in [0.3, 0.4) is 0 Å². The Morgan fingerprint density at radius 3 is 2.21 bits per heavy atom. The third-order valence-electron chi connectivity index (χ3n) is 1.71. The van der Waals surface area contributed by atoms with Gasteiger partial charge in [0.2, 0.25) is 0 Å². The Kier molecular flexibility index (Phi) is 4.22. The van der Waals surface area contributed by atoms with Crippen LogP contribution in [-0.2, 0) is 6.18 Å². The van der Waals surface area contributed by atoms with Crippen LogP contribution >= 0.6 is 12.4 Å². The molecule has 0 aliphatic carbocycles. The first-order valence-electron chi connectivity index (χ1n) is 3.60. The topological polar surface area (TPSA) is 38.0 Å². The second-order valence-corrected chi connectivity index (χ2v) is 2.64. The van der Waals surface area contributed by atoms with E-state index < -0.39 is 11.7 Å². The van der Waals surface area contributed by atoms with Crippen LogP contribution in [-0.4, -0.2) is 0 Å². The Morgan fingerprint density at radius 1 is 1.29 bits per heavy atom. The summed E-state index contributed by atoms with van der Waals surface area (Å²) in [6.45, 7) is 1.39. The van der Waals surface area contributed by atoms with E-state index in [9.17, 15) is 13.2 Å². The molecular weight excluding hydrogens is 217 g/mol. The van der Waals surface area contributed by atoms with Crippen molar-refractivity contribution in [3.05, 3.63) is 29.3 Å². The van der Waals surface area contributed by atoms with Gasteiger partial charge in [-0.3, -0.25) is 5.84 Å². The van der Waals surface area contributed by atoms with Gasteiger partial charge in [0.1, 0.15) is 0 Å². The lowest BCUT2D eigenvalue weighted by Gasteiger charge is -2.14. The molecule has 2 nitrogen and oxygen atoms in total. The van der Waals surface area contributed by atoms with E-state index in [-0.39, 0.29) is 23.7 Å². The minimum atomic E-state index is -4.37. The molecule has 0 fully saturated rings. The fourth-order valence-corrected chi connectivity index (χ4v) is 1.16. The molecule has 0 aliphatic rings. The Morgan fingerprint density at radius 2 is 1.86 bits per heavy atom. The van der Waals surface area contributed by atoms with E-state index in [1.54, 1.807) is 0 Å². The van der Waals surface area contributed by atoms with E-state index in [1.165, 1.54) is 25.1 Å². The zero-order chi connectivity index (χ0) is 10.1. The maximum atomic E-state index is 12.4. The van der Waals surface area contributed by atoms with Crippen molar-refractivity contribution in [1.29, 1.82) is 0 Å². The van der Waals surface area contributed by atoms with E-state index in [0.717, 1.165) is 0 Å². The van der Waals surface area contributed by atoms with Gasteiger partial charge in [0.05, 0.1) is 11.3 Å². The molecular formula is C8H10ClF3N2. The predicted molar refractivity (Wildman–Crippen MR) is 51.2 cm³/mol. The molecule has 3 N–H and O–H groups in total. The lowest BCUT2D eigenvalue weighted by molar-refractivity contribution is -0.137. The highest BCUT2D eigenvalue weighted by atomic mass is 35.5. The summed E-state index contributed by atoms with van der Waals surface area (Å²) in [5.74, 6) is 4.97. The molecule has 0 heterocycles. The number of hydrogen-bond donors (Lipinski definition) is 2. The van der Waals surface area contributed by atoms with Crippen molar-refractivity contribution in [2.24, 2.45) is 5.84 Å². The summed E-state index contributed by atoms with van der Waals surface area (Å²) < 4.78 is 37.2. The molecule has 0 saturated heterocycles. The molecule has 0 unspecified atom stereocenters. The molecule has 80 valence electrons. The lowest BCUT2D eigenvalue weighted by atomic mass is 10.1. The molecule has 0 bridgehead atoms. The third-order valence-corrected chi connectivity index (χ3v) is 1.71. The number of benzene rings is 1. The summed E-state index contributed by atoms with van der Waals surface area (Å²) in [6.07, 6.45) is -4.37. The van der Waals surface area contributed by atoms with Crippen LogP contribution in [0.4, 0.5) is 18.9 Å². The van der Waals surface area contributed by atoms with Crippen LogP contribution < -0.4 is 11.3 Å². The molecule has 0 radical (unpaired) electrons. The lowest BCUT2D eigenvalue weighted by Crippen LogP contribution is -2.16. The highest BCUT2D eigenvalue weighted by Gasteiger charge is 2.34. The summed E-state index contributed by atoms with van der Waals surface area (Å²) in [4.78, 5) is 0. The van der Waals surface area contributed by atoms with Gasteiger partial charge in [0.25, 0.3) is 0 Å². The first-order valence-corrected chi connectivity index (χ1v) is 3.60. The van der Waals surface area contributed by atoms with Crippen molar-refractivity contribution in [3.63, 3.8) is 0 Å². The van der Waals surface area contributed by atoms with Crippen LogP contribution in [0.2, 0.25) is 0 Å². The molecule has 0 atom stereocenters. The summed E-state index contributed by atoms with van der Waals surface area (Å²) in [5, 5.41) is 0. The molecule has 14 heavy (non-hydrogen) atoms. The van der Waals surface area contributed by atoms with Crippen molar-refractivity contribution in [2.45, 2.75) is 13.1 Å². The summed E-state index contributed by atoms with van der Waals surface area (Å²) >= 11 is 0. The molecule has 0 saturated carbocycles. The van der Waals surface area contributed by atoms with E-state index in [2.05, 4.69) is 0 Å². The number of halogens is 4. The number of hydrazine groups is 1. The fraction of sp³-hybridized carbons (Fsp3) is 0.250. The Labute approximate surface area is 85.7 Å². The number of aryl methyl sites for hydroxylation is 1. The van der Waals surface area contributed by atoms with Gasteiger partial charge in [-0.2, -0.15) is 13.2 Å². The number of nitrogens with two attached hydrogens (primary N) is 1. The highest BCUT2D eigenvalue weighted by molar-refractivity contribution is 5.85. The van der Waals surface area contributed by atoms with Gasteiger partial charge < -0.3 is 5.43 Å². The average Bonchev–Trinajstić information content (AvgIpc) is 2.01. The van der Waals surface area contributed by atoms with Crippen molar-refractivity contribution in [3.8, 4) is 0 Å². The van der Waals surface area contributed by atoms with Gasteiger partial charge >= 0.3 is 6.18 Å². The Bertz CT molecular complexity index is 312.